The average Bonchev–Trinajstić information content (AvgIpc) is 2.45. The monoisotopic (exact) mass is 298 g/mol. The van der Waals surface area contributed by atoms with Gasteiger partial charge in [0.25, 0.3) is 5.56 Å². The fraction of sp³-hybridized carbons (Fsp3) is 0.385. The molecule has 0 N–H and O–H groups in total. The van der Waals surface area contributed by atoms with Gasteiger partial charge in [0.05, 0.1) is 16.8 Å². The normalized spacial score (nSPS) is 12.7. The highest BCUT2D eigenvalue weighted by molar-refractivity contribution is 7.84. The first-order chi connectivity index (χ1) is 9.17. The van der Waals surface area contributed by atoms with Gasteiger partial charge >= 0.3 is 0 Å². The van der Waals surface area contributed by atoms with E-state index in [1.165, 1.54) is 4.57 Å². The molecule has 0 aliphatic heterocycles. The Kier molecular flexibility index (Phi) is 4.71. The van der Waals surface area contributed by atoms with E-state index in [2.05, 4.69) is 4.98 Å². The van der Waals surface area contributed by atoms with E-state index in [1.54, 1.807) is 18.2 Å². The first kappa shape index (κ1) is 14.2. The lowest BCUT2D eigenvalue weighted by atomic mass is 10.2. The van der Waals surface area contributed by atoms with Gasteiger partial charge in [-0.05, 0) is 12.1 Å². The zero-order valence-electron chi connectivity index (χ0n) is 10.6. The Bertz CT molecular complexity index is 669. The maximum Gasteiger partial charge on any atom is 0.261 e. The minimum Gasteiger partial charge on any atom is -0.294 e. The Morgan fingerprint density at radius 3 is 2.79 bits per heavy atom. The minimum absolute atomic E-state index is 0.116. The molecule has 1 atom stereocenters. The lowest BCUT2D eigenvalue weighted by Gasteiger charge is -2.11. The smallest absolute Gasteiger partial charge is 0.261 e. The summed E-state index contributed by atoms with van der Waals surface area (Å²) in [6, 6.07) is 7.18. The first-order valence-electron chi connectivity index (χ1n) is 6.06. The summed E-state index contributed by atoms with van der Waals surface area (Å²) >= 11 is 5.86. The summed E-state index contributed by atoms with van der Waals surface area (Å²) in [5, 5.41) is 0.568. The Balaban J connectivity index is 2.49. The van der Waals surface area contributed by atoms with Crippen molar-refractivity contribution in [2.75, 3.05) is 11.5 Å². The number of aromatic nitrogens is 2. The summed E-state index contributed by atoms with van der Waals surface area (Å²) < 4.78 is 13.0. The summed E-state index contributed by atoms with van der Waals surface area (Å²) in [4.78, 5) is 16.8. The van der Waals surface area contributed by atoms with E-state index in [-0.39, 0.29) is 11.4 Å². The van der Waals surface area contributed by atoms with E-state index in [0.717, 1.165) is 0 Å². The first-order valence-corrected chi connectivity index (χ1v) is 8.09. The molecular weight excluding hydrogens is 284 g/mol. The second-order valence-corrected chi connectivity index (χ2v) is 6.20. The SMILES string of the molecule is CCS(=O)CCn1c(CCl)nc2ccccc2c1=O. The van der Waals surface area contributed by atoms with Gasteiger partial charge in [-0.15, -0.1) is 11.6 Å². The van der Waals surface area contributed by atoms with Gasteiger partial charge in [0.15, 0.2) is 0 Å². The van der Waals surface area contributed by atoms with Crippen molar-refractivity contribution >= 4 is 33.3 Å². The summed E-state index contributed by atoms with van der Waals surface area (Å²) in [5.74, 6) is 1.73. The third-order valence-electron chi connectivity index (χ3n) is 2.92. The third kappa shape index (κ3) is 3.04. The van der Waals surface area contributed by atoms with Gasteiger partial charge in [-0.3, -0.25) is 13.6 Å². The Hall–Kier alpha value is -1.20. The molecule has 4 nitrogen and oxygen atoms in total. The van der Waals surface area contributed by atoms with Crippen LogP contribution in [0.2, 0.25) is 0 Å². The molecule has 1 aromatic heterocycles. The number of alkyl halides is 1. The largest absolute Gasteiger partial charge is 0.294 e. The van der Waals surface area contributed by atoms with E-state index in [1.807, 2.05) is 13.0 Å². The van der Waals surface area contributed by atoms with Gasteiger partial charge in [0, 0.05) is 28.9 Å². The Labute approximate surface area is 118 Å². The molecule has 0 aliphatic rings. The number of benzene rings is 1. The molecule has 1 heterocycles. The number of para-hydroxylation sites is 1. The van der Waals surface area contributed by atoms with Crippen LogP contribution in [0.5, 0.6) is 0 Å². The fourth-order valence-electron chi connectivity index (χ4n) is 1.88. The van der Waals surface area contributed by atoms with Crippen molar-refractivity contribution in [3.63, 3.8) is 0 Å². The van der Waals surface area contributed by atoms with Gasteiger partial charge in [0.1, 0.15) is 5.82 Å². The van der Waals surface area contributed by atoms with Crippen LogP contribution >= 0.6 is 11.6 Å². The molecule has 2 aromatic rings. The molecule has 0 aliphatic carbocycles. The molecule has 1 unspecified atom stereocenters. The molecule has 0 bridgehead atoms. The van der Waals surface area contributed by atoms with Crippen LogP contribution in [0.3, 0.4) is 0 Å². The van der Waals surface area contributed by atoms with Gasteiger partial charge < -0.3 is 0 Å². The number of rotatable bonds is 5. The number of nitrogens with zero attached hydrogens (tertiary/aromatic N) is 2. The lowest BCUT2D eigenvalue weighted by molar-refractivity contribution is 0.656. The lowest BCUT2D eigenvalue weighted by Crippen LogP contribution is -2.27. The molecule has 0 saturated carbocycles. The zero-order valence-corrected chi connectivity index (χ0v) is 12.2. The molecular formula is C13H15ClN2O2S. The van der Waals surface area contributed by atoms with Gasteiger partial charge in [-0.1, -0.05) is 19.1 Å². The molecule has 0 amide bonds. The minimum atomic E-state index is -0.910. The second kappa shape index (κ2) is 6.30. The standard InChI is InChI=1S/C13H15ClN2O2S/c1-2-19(18)8-7-16-12(9-14)15-11-6-4-3-5-10(11)13(16)17/h3-6H,2,7-9H2,1H3. The maximum absolute atomic E-state index is 12.4. The quantitative estimate of drug-likeness (QED) is 0.792. The highest BCUT2D eigenvalue weighted by Crippen LogP contribution is 2.09. The predicted molar refractivity (Wildman–Crippen MR) is 79.1 cm³/mol. The molecule has 19 heavy (non-hydrogen) atoms. The maximum atomic E-state index is 12.4. The molecule has 6 heteroatoms. The molecule has 1 aromatic carbocycles. The van der Waals surface area contributed by atoms with E-state index < -0.39 is 10.8 Å². The fourth-order valence-corrected chi connectivity index (χ4v) is 2.76. The van der Waals surface area contributed by atoms with Crippen molar-refractivity contribution in [1.82, 2.24) is 9.55 Å². The Morgan fingerprint density at radius 1 is 1.37 bits per heavy atom. The van der Waals surface area contributed by atoms with Gasteiger partial charge in [-0.25, -0.2) is 4.98 Å². The molecule has 0 spiro atoms. The molecule has 102 valence electrons. The van der Waals surface area contributed by atoms with Crippen LogP contribution in [0.1, 0.15) is 12.7 Å². The predicted octanol–water partition coefficient (Wildman–Crippen LogP) is 1.90. The summed E-state index contributed by atoms with van der Waals surface area (Å²) in [6.07, 6.45) is 0. The van der Waals surface area contributed by atoms with Crippen LogP contribution in [0.25, 0.3) is 10.9 Å². The molecule has 0 saturated heterocycles. The number of hydrogen-bond donors (Lipinski definition) is 0. The van der Waals surface area contributed by atoms with Gasteiger partial charge in [-0.2, -0.15) is 0 Å². The second-order valence-electron chi connectivity index (χ2n) is 4.07. The van der Waals surface area contributed by atoms with Crippen molar-refractivity contribution in [2.24, 2.45) is 0 Å². The van der Waals surface area contributed by atoms with Crippen LogP contribution in [0, 0.1) is 0 Å². The van der Waals surface area contributed by atoms with E-state index >= 15 is 0 Å². The number of fused-ring (bicyclic) bond motifs is 1. The van der Waals surface area contributed by atoms with Crippen LogP contribution < -0.4 is 5.56 Å². The van der Waals surface area contributed by atoms with Crippen molar-refractivity contribution in [1.29, 1.82) is 0 Å². The summed E-state index contributed by atoms with van der Waals surface area (Å²) in [7, 11) is -0.910. The van der Waals surface area contributed by atoms with Crippen LogP contribution in [0.4, 0.5) is 0 Å². The van der Waals surface area contributed by atoms with Crippen molar-refractivity contribution in [2.45, 2.75) is 19.3 Å². The topological polar surface area (TPSA) is 52.0 Å². The number of hydrogen-bond acceptors (Lipinski definition) is 3. The van der Waals surface area contributed by atoms with Crippen LogP contribution in [0.15, 0.2) is 29.1 Å². The average molecular weight is 299 g/mol. The van der Waals surface area contributed by atoms with Crippen LogP contribution in [-0.4, -0.2) is 25.3 Å². The van der Waals surface area contributed by atoms with Gasteiger partial charge in [0.2, 0.25) is 0 Å². The molecule has 0 fully saturated rings. The van der Waals surface area contributed by atoms with Crippen molar-refractivity contribution in [3.8, 4) is 0 Å². The van der Waals surface area contributed by atoms with Crippen molar-refractivity contribution in [3.05, 3.63) is 40.4 Å². The summed E-state index contributed by atoms with van der Waals surface area (Å²) in [5.41, 5.74) is 0.533. The molecule has 2 rings (SSSR count). The Morgan fingerprint density at radius 2 is 2.11 bits per heavy atom. The molecule has 0 radical (unpaired) electrons. The van der Waals surface area contributed by atoms with E-state index in [9.17, 15) is 9.00 Å². The summed E-state index contributed by atoms with van der Waals surface area (Å²) in [6.45, 7) is 2.25. The van der Waals surface area contributed by atoms with Crippen molar-refractivity contribution < 1.29 is 4.21 Å². The third-order valence-corrected chi connectivity index (χ3v) is 4.45. The highest BCUT2D eigenvalue weighted by Gasteiger charge is 2.10. The zero-order chi connectivity index (χ0) is 13.8. The van der Waals surface area contributed by atoms with Crippen LogP contribution in [-0.2, 0) is 23.2 Å². The van der Waals surface area contributed by atoms with E-state index in [0.29, 0.717) is 34.8 Å². The van der Waals surface area contributed by atoms with E-state index in [4.69, 9.17) is 11.6 Å². The highest BCUT2D eigenvalue weighted by atomic mass is 35.5. The number of halogens is 1.